The molecule has 0 spiro atoms. The largest absolute Gasteiger partial charge is 0.296 e. The molecule has 2 heterocycles. The third kappa shape index (κ3) is 2.99. The molecule has 2 aromatic heterocycles. The highest BCUT2D eigenvalue weighted by Crippen LogP contribution is 2.31. The van der Waals surface area contributed by atoms with E-state index in [0.717, 1.165) is 21.9 Å². The minimum Gasteiger partial charge on any atom is -0.296 e. The molecule has 4 nitrogen and oxygen atoms in total. The molecule has 0 radical (unpaired) electrons. The van der Waals surface area contributed by atoms with E-state index < -0.39 is 0 Å². The van der Waals surface area contributed by atoms with Crippen molar-refractivity contribution >= 4 is 29.6 Å². The van der Waals surface area contributed by atoms with E-state index in [9.17, 15) is 4.79 Å². The SMILES string of the molecule is O=Cc1cc(Sc2cccnc2)n(-c2ccccc2Cl)n1. The van der Waals surface area contributed by atoms with E-state index in [-0.39, 0.29) is 0 Å². The van der Waals surface area contributed by atoms with Crippen molar-refractivity contribution in [2.75, 3.05) is 0 Å². The zero-order valence-corrected chi connectivity index (χ0v) is 12.4. The Morgan fingerprint density at radius 1 is 1.19 bits per heavy atom. The van der Waals surface area contributed by atoms with Crippen LogP contribution < -0.4 is 0 Å². The van der Waals surface area contributed by atoms with Crippen LogP contribution in [0.4, 0.5) is 0 Å². The van der Waals surface area contributed by atoms with Gasteiger partial charge in [0.05, 0.1) is 10.7 Å². The number of nitrogens with zero attached hydrogens (tertiary/aromatic N) is 3. The molecule has 1 aromatic carbocycles. The molecule has 0 N–H and O–H groups in total. The van der Waals surface area contributed by atoms with Gasteiger partial charge in [0, 0.05) is 23.4 Å². The summed E-state index contributed by atoms with van der Waals surface area (Å²) in [5.41, 5.74) is 1.10. The molecule has 0 unspecified atom stereocenters. The first-order valence-corrected chi connectivity index (χ1v) is 7.35. The Bertz CT molecular complexity index is 774. The lowest BCUT2D eigenvalue weighted by molar-refractivity contribution is 0.111. The molecule has 0 amide bonds. The minimum absolute atomic E-state index is 0.362. The van der Waals surface area contributed by atoms with Gasteiger partial charge in [0.25, 0.3) is 0 Å². The van der Waals surface area contributed by atoms with Crippen molar-refractivity contribution in [2.24, 2.45) is 0 Å². The van der Waals surface area contributed by atoms with Crippen molar-refractivity contribution in [1.29, 1.82) is 0 Å². The zero-order valence-electron chi connectivity index (χ0n) is 10.8. The van der Waals surface area contributed by atoms with Gasteiger partial charge in [0.15, 0.2) is 6.29 Å². The fourth-order valence-corrected chi connectivity index (χ4v) is 2.96. The molecule has 0 atom stereocenters. The number of aldehydes is 1. The molecule has 0 aliphatic rings. The molecule has 0 bridgehead atoms. The predicted molar refractivity (Wildman–Crippen MR) is 82.3 cm³/mol. The van der Waals surface area contributed by atoms with Gasteiger partial charge in [-0.15, -0.1) is 0 Å². The Labute approximate surface area is 130 Å². The Kier molecular flexibility index (Phi) is 4.03. The molecule has 0 saturated heterocycles. The van der Waals surface area contributed by atoms with Crippen molar-refractivity contribution in [1.82, 2.24) is 14.8 Å². The van der Waals surface area contributed by atoms with Gasteiger partial charge in [-0.25, -0.2) is 4.68 Å². The number of hydrogen-bond acceptors (Lipinski definition) is 4. The average molecular weight is 316 g/mol. The summed E-state index contributed by atoms with van der Waals surface area (Å²) in [5, 5.41) is 5.66. The monoisotopic (exact) mass is 315 g/mol. The highest BCUT2D eigenvalue weighted by molar-refractivity contribution is 7.99. The molecule has 0 aliphatic carbocycles. The first-order chi connectivity index (χ1) is 10.3. The second-order valence-electron chi connectivity index (χ2n) is 4.18. The van der Waals surface area contributed by atoms with E-state index >= 15 is 0 Å². The lowest BCUT2D eigenvalue weighted by Gasteiger charge is -2.08. The Balaban J connectivity index is 2.06. The molecule has 0 fully saturated rings. The summed E-state index contributed by atoms with van der Waals surface area (Å²) >= 11 is 7.69. The van der Waals surface area contributed by atoms with Crippen molar-refractivity contribution in [3.8, 4) is 5.69 Å². The molecule has 104 valence electrons. The number of aromatic nitrogens is 3. The minimum atomic E-state index is 0.362. The van der Waals surface area contributed by atoms with Crippen molar-refractivity contribution in [2.45, 2.75) is 9.92 Å². The van der Waals surface area contributed by atoms with Gasteiger partial charge < -0.3 is 0 Å². The van der Waals surface area contributed by atoms with E-state index in [1.165, 1.54) is 11.8 Å². The van der Waals surface area contributed by atoms with Gasteiger partial charge in [-0.3, -0.25) is 9.78 Å². The molecule has 3 rings (SSSR count). The van der Waals surface area contributed by atoms with Crippen molar-refractivity contribution in [3.63, 3.8) is 0 Å². The third-order valence-corrected chi connectivity index (χ3v) is 4.05. The number of carbonyl (C=O) groups excluding carboxylic acids is 1. The smallest absolute Gasteiger partial charge is 0.170 e. The topological polar surface area (TPSA) is 47.8 Å². The quantitative estimate of drug-likeness (QED) is 0.685. The van der Waals surface area contributed by atoms with E-state index in [4.69, 9.17) is 11.6 Å². The van der Waals surface area contributed by atoms with Gasteiger partial charge in [-0.1, -0.05) is 35.5 Å². The van der Waals surface area contributed by atoms with E-state index in [1.807, 2.05) is 30.3 Å². The maximum atomic E-state index is 11.0. The van der Waals surface area contributed by atoms with Gasteiger partial charge in [0.1, 0.15) is 10.7 Å². The Morgan fingerprint density at radius 3 is 2.76 bits per heavy atom. The molecule has 3 aromatic rings. The summed E-state index contributed by atoms with van der Waals surface area (Å²) in [6.07, 6.45) is 4.20. The average Bonchev–Trinajstić information content (AvgIpc) is 2.92. The van der Waals surface area contributed by atoms with E-state index in [1.54, 1.807) is 29.2 Å². The maximum absolute atomic E-state index is 11.0. The van der Waals surface area contributed by atoms with E-state index in [2.05, 4.69) is 10.1 Å². The van der Waals surface area contributed by atoms with Crippen LogP contribution in [0, 0.1) is 0 Å². The first-order valence-electron chi connectivity index (χ1n) is 6.16. The zero-order chi connectivity index (χ0) is 14.7. The van der Waals surface area contributed by atoms with Gasteiger partial charge in [0.2, 0.25) is 0 Å². The van der Waals surface area contributed by atoms with Crippen LogP contribution >= 0.6 is 23.4 Å². The fourth-order valence-electron chi connectivity index (χ4n) is 1.84. The van der Waals surface area contributed by atoms with Crippen molar-refractivity contribution < 1.29 is 4.79 Å². The summed E-state index contributed by atoms with van der Waals surface area (Å²) in [6.45, 7) is 0. The summed E-state index contributed by atoms with van der Waals surface area (Å²) in [4.78, 5) is 16.1. The van der Waals surface area contributed by atoms with Crippen molar-refractivity contribution in [3.05, 3.63) is 65.6 Å². The Hall–Kier alpha value is -2.11. The second kappa shape index (κ2) is 6.11. The number of halogens is 1. The number of pyridine rings is 1. The molecular formula is C15H10ClN3OS. The summed E-state index contributed by atoms with van der Waals surface area (Å²) < 4.78 is 1.67. The molecule has 21 heavy (non-hydrogen) atoms. The number of benzene rings is 1. The molecule has 6 heteroatoms. The number of para-hydroxylation sites is 1. The standard InChI is InChI=1S/C15H10ClN3OS/c16-13-5-1-2-6-14(13)19-15(8-11(10-20)18-19)21-12-4-3-7-17-9-12/h1-10H. The highest BCUT2D eigenvalue weighted by atomic mass is 35.5. The third-order valence-electron chi connectivity index (χ3n) is 2.75. The highest BCUT2D eigenvalue weighted by Gasteiger charge is 2.13. The number of carbonyl (C=O) groups is 1. The van der Waals surface area contributed by atoms with Crippen LogP contribution in [0.2, 0.25) is 5.02 Å². The van der Waals surface area contributed by atoms with E-state index in [0.29, 0.717) is 10.7 Å². The van der Waals surface area contributed by atoms with Crippen LogP contribution in [0.25, 0.3) is 5.69 Å². The molecule has 0 saturated carbocycles. The summed E-state index contributed by atoms with van der Waals surface area (Å²) in [5.74, 6) is 0. The lowest BCUT2D eigenvalue weighted by Crippen LogP contribution is -1.99. The first kappa shape index (κ1) is 13.9. The van der Waals surface area contributed by atoms with Gasteiger partial charge >= 0.3 is 0 Å². The molecular weight excluding hydrogens is 306 g/mol. The number of rotatable bonds is 4. The Morgan fingerprint density at radius 2 is 2.05 bits per heavy atom. The predicted octanol–water partition coefficient (Wildman–Crippen LogP) is 3.88. The summed E-state index contributed by atoms with van der Waals surface area (Å²) in [7, 11) is 0. The van der Waals surface area contributed by atoms with Crippen LogP contribution in [-0.2, 0) is 0 Å². The van der Waals surface area contributed by atoms with Crippen LogP contribution in [0.3, 0.4) is 0 Å². The van der Waals surface area contributed by atoms with Crippen LogP contribution in [0.15, 0.2) is 64.8 Å². The van der Waals surface area contributed by atoms with Crippen LogP contribution in [0.1, 0.15) is 10.5 Å². The number of hydrogen-bond donors (Lipinski definition) is 0. The fraction of sp³-hybridized carbons (Fsp3) is 0. The van der Waals surface area contributed by atoms with Gasteiger partial charge in [-0.05, 0) is 24.3 Å². The lowest BCUT2D eigenvalue weighted by atomic mass is 10.3. The normalized spacial score (nSPS) is 10.5. The van der Waals surface area contributed by atoms with Gasteiger partial charge in [-0.2, -0.15) is 5.10 Å². The summed E-state index contributed by atoms with van der Waals surface area (Å²) in [6, 6.07) is 12.9. The second-order valence-corrected chi connectivity index (χ2v) is 5.68. The molecule has 0 aliphatic heterocycles. The van der Waals surface area contributed by atoms with Crippen LogP contribution in [0.5, 0.6) is 0 Å². The van der Waals surface area contributed by atoms with Crippen LogP contribution in [-0.4, -0.2) is 21.1 Å². The maximum Gasteiger partial charge on any atom is 0.170 e.